The molecular formula is C21H29N5OS. The van der Waals surface area contributed by atoms with Gasteiger partial charge in [0.2, 0.25) is 5.91 Å². The van der Waals surface area contributed by atoms with Crippen LogP contribution in [0.5, 0.6) is 0 Å². The third-order valence-corrected chi connectivity index (χ3v) is 6.55. The molecule has 28 heavy (non-hydrogen) atoms. The number of hydrogen-bond acceptors (Lipinski definition) is 5. The normalized spacial score (nSPS) is 20.2. The van der Waals surface area contributed by atoms with Crippen molar-refractivity contribution in [3.8, 4) is 0 Å². The molecule has 2 aromatic rings. The van der Waals surface area contributed by atoms with Crippen molar-refractivity contribution in [1.29, 1.82) is 0 Å². The molecular weight excluding hydrogens is 370 g/mol. The standard InChI is InChI=1S/C21H29N5OS/c1-3-25-20(22-23-21(25)28-2)17-10-6-12-24(14-17)15-19(27)26-13-7-9-16-8-4-5-11-18(16)26/h4-5,8,11,17H,3,6-7,9-10,12-15H2,1-2H3/t17-/m1/s1. The van der Waals surface area contributed by atoms with E-state index in [0.29, 0.717) is 12.5 Å². The van der Waals surface area contributed by atoms with Crippen molar-refractivity contribution in [1.82, 2.24) is 19.7 Å². The molecule has 0 N–H and O–H groups in total. The Balaban J connectivity index is 1.45. The summed E-state index contributed by atoms with van der Waals surface area (Å²) >= 11 is 1.64. The summed E-state index contributed by atoms with van der Waals surface area (Å²) in [6.45, 7) is 6.21. The number of aryl methyl sites for hydroxylation is 1. The van der Waals surface area contributed by atoms with E-state index < -0.39 is 0 Å². The van der Waals surface area contributed by atoms with Crippen LogP contribution in [0.3, 0.4) is 0 Å². The Morgan fingerprint density at radius 2 is 2.07 bits per heavy atom. The summed E-state index contributed by atoms with van der Waals surface area (Å²) in [7, 11) is 0. The number of rotatable bonds is 5. The predicted molar refractivity (Wildman–Crippen MR) is 113 cm³/mol. The lowest BCUT2D eigenvalue weighted by atomic mass is 9.97. The van der Waals surface area contributed by atoms with Crippen LogP contribution >= 0.6 is 11.8 Å². The molecule has 2 aliphatic rings. The molecule has 3 heterocycles. The number of anilines is 1. The SMILES string of the molecule is CCn1c(SC)nnc1[C@@H]1CCCN(CC(=O)N2CCCc3ccccc32)C1. The van der Waals surface area contributed by atoms with Crippen LogP contribution in [0.25, 0.3) is 0 Å². The van der Waals surface area contributed by atoms with Gasteiger partial charge in [-0.3, -0.25) is 9.69 Å². The van der Waals surface area contributed by atoms with Crippen molar-refractivity contribution in [2.75, 3.05) is 37.3 Å². The molecule has 0 saturated carbocycles. The number of nitrogens with zero attached hydrogens (tertiary/aromatic N) is 5. The number of hydrogen-bond donors (Lipinski definition) is 0. The third kappa shape index (κ3) is 3.82. The van der Waals surface area contributed by atoms with Gasteiger partial charge in [0.15, 0.2) is 5.16 Å². The topological polar surface area (TPSA) is 54.3 Å². The number of amides is 1. The van der Waals surface area contributed by atoms with E-state index in [9.17, 15) is 4.79 Å². The zero-order valence-corrected chi connectivity index (χ0v) is 17.6. The molecule has 2 aliphatic heterocycles. The zero-order chi connectivity index (χ0) is 19.5. The number of para-hydroxylation sites is 1. The minimum atomic E-state index is 0.217. The maximum atomic E-state index is 13.1. The molecule has 0 unspecified atom stereocenters. The zero-order valence-electron chi connectivity index (χ0n) is 16.8. The lowest BCUT2D eigenvalue weighted by Crippen LogP contribution is -2.45. The highest BCUT2D eigenvalue weighted by atomic mass is 32.2. The van der Waals surface area contributed by atoms with Gasteiger partial charge in [-0.25, -0.2) is 0 Å². The molecule has 1 fully saturated rings. The van der Waals surface area contributed by atoms with Crippen LogP contribution in [-0.2, 0) is 17.8 Å². The minimum Gasteiger partial charge on any atom is -0.311 e. The highest BCUT2D eigenvalue weighted by molar-refractivity contribution is 7.98. The molecule has 0 spiro atoms. The Bertz CT molecular complexity index is 836. The Hall–Kier alpha value is -1.86. The van der Waals surface area contributed by atoms with Gasteiger partial charge in [-0.2, -0.15) is 0 Å². The van der Waals surface area contributed by atoms with Crippen molar-refractivity contribution in [3.05, 3.63) is 35.7 Å². The maximum absolute atomic E-state index is 13.1. The molecule has 1 saturated heterocycles. The van der Waals surface area contributed by atoms with Crippen LogP contribution in [0.1, 0.15) is 43.5 Å². The van der Waals surface area contributed by atoms with Gasteiger partial charge in [-0.1, -0.05) is 30.0 Å². The first-order chi connectivity index (χ1) is 13.7. The van der Waals surface area contributed by atoms with E-state index in [0.717, 1.165) is 68.5 Å². The molecule has 0 bridgehead atoms. The van der Waals surface area contributed by atoms with Gasteiger partial charge in [0.25, 0.3) is 0 Å². The number of fused-ring (bicyclic) bond motifs is 1. The average molecular weight is 400 g/mol. The second-order valence-corrected chi connectivity index (χ2v) is 8.41. The van der Waals surface area contributed by atoms with Crippen molar-refractivity contribution in [2.45, 2.75) is 50.2 Å². The van der Waals surface area contributed by atoms with Crippen LogP contribution < -0.4 is 4.90 Å². The number of carbonyl (C=O) groups excluding carboxylic acids is 1. The van der Waals surface area contributed by atoms with Crippen LogP contribution in [0, 0.1) is 0 Å². The second-order valence-electron chi connectivity index (χ2n) is 7.64. The Kier molecular flexibility index (Phi) is 6.01. The largest absolute Gasteiger partial charge is 0.311 e. The summed E-state index contributed by atoms with van der Waals surface area (Å²) in [5.74, 6) is 1.64. The lowest BCUT2D eigenvalue weighted by molar-refractivity contribution is -0.120. The fraction of sp³-hybridized carbons (Fsp3) is 0.571. The number of carbonyl (C=O) groups is 1. The molecule has 1 atom stereocenters. The van der Waals surface area contributed by atoms with Gasteiger partial charge in [-0.05, 0) is 57.0 Å². The van der Waals surface area contributed by atoms with E-state index in [2.05, 4.69) is 44.8 Å². The number of aromatic nitrogens is 3. The molecule has 1 amide bonds. The first-order valence-electron chi connectivity index (χ1n) is 10.3. The predicted octanol–water partition coefficient (Wildman–Crippen LogP) is 3.18. The highest BCUT2D eigenvalue weighted by Gasteiger charge is 2.29. The number of piperidine rings is 1. The molecule has 1 aromatic heterocycles. The van der Waals surface area contributed by atoms with Crippen LogP contribution in [-0.4, -0.2) is 58.0 Å². The van der Waals surface area contributed by atoms with Gasteiger partial charge in [0.05, 0.1) is 6.54 Å². The van der Waals surface area contributed by atoms with Crippen LogP contribution in [0.4, 0.5) is 5.69 Å². The van der Waals surface area contributed by atoms with Crippen molar-refractivity contribution in [2.24, 2.45) is 0 Å². The van der Waals surface area contributed by atoms with Gasteiger partial charge < -0.3 is 9.47 Å². The molecule has 7 heteroatoms. The maximum Gasteiger partial charge on any atom is 0.241 e. The smallest absolute Gasteiger partial charge is 0.241 e. The van der Waals surface area contributed by atoms with Gasteiger partial charge >= 0.3 is 0 Å². The summed E-state index contributed by atoms with van der Waals surface area (Å²) in [5.41, 5.74) is 2.39. The summed E-state index contributed by atoms with van der Waals surface area (Å²) in [6, 6.07) is 8.32. The van der Waals surface area contributed by atoms with E-state index in [4.69, 9.17) is 0 Å². The lowest BCUT2D eigenvalue weighted by Gasteiger charge is -2.35. The Morgan fingerprint density at radius 3 is 2.89 bits per heavy atom. The Labute approximate surface area is 171 Å². The molecule has 6 nitrogen and oxygen atoms in total. The first-order valence-corrected chi connectivity index (χ1v) is 11.5. The monoisotopic (exact) mass is 399 g/mol. The fourth-order valence-corrected chi connectivity index (χ4v) is 5.09. The van der Waals surface area contributed by atoms with Crippen LogP contribution in [0.15, 0.2) is 29.4 Å². The fourth-order valence-electron chi connectivity index (χ4n) is 4.53. The third-order valence-electron chi connectivity index (χ3n) is 5.89. The van der Waals surface area contributed by atoms with Gasteiger partial charge in [-0.15, -0.1) is 10.2 Å². The van der Waals surface area contributed by atoms with Gasteiger partial charge in [0, 0.05) is 31.2 Å². The van der Waals surface area contributed by atoms with Crippen molar-refractivity contribution in [3.63, 3.8) is 0 Å². The number of thioether (sulfide) groups is 1. The summed E-state index contributed by atoms with van der Waals surface area (Å²) < 4.78 is 2.22. The summed E-state index contributed by atoms with van der Waals surface area (Å²) in [6.07, 6.45) is 6.37. The van der Waals surface area contributed by atoms with E-state index >= 15 is 0 Å². The van der Waals surface area contributed by atoms with E-state index in [1.807, 2.05) is 17.2 Å². The molecule has 150 valence electrons. The second kappa shape index (κ2) is 8.66. The van der Waals surface area contributed by atoms with E-state index in [1.54, 1.807) is 11.8 Å². The van der Waals surface area contributed by atoms with E-state index in [1.165, 1.54) is 5.56 Å². The average Bonchev–Trinajstić information content (AvgIpc) is 3.16. The number of benzene rings is 1. The molecule has 1 aromatic carbocycles. The number of likely N-dealkylation sites (tertiary alicyclic amines) is 1. The van der Waals surface area contributed by atoms with Crippen molar-refractivity contribution < 1.29 is 4.79 Å². The molecule has 4 rings (SSSR count). The summed E-state index contributed by atoms with van der Waals surface area (Å²) in [5, 5.41) is 9.81. The van der Waals surface area contributed by atoms with Crippen LogP contribution in [0.2, 0.25) is 0 Å². The molecule has 0 aliphatic carbocycles. The van der Waals surface area contributed by atoms with Gasteiger partial charge in [0.1, 0.15) is 5.82 Å². The first kappa shape index (κ1) is 19.5. The summed E-state index contributed by atoms with van der Waals surface area (Å²) in [4.78, 5) is 17.4. The minimum absolute atomic E-state index is 0.217. The Morgan fingerprint density at radius 1 is 1.21 bits per heavy atom. The van der Waals surface area contributed by atoms with Crippen molar-refractivity contribution >= 4 is 23.4 Å². The quantitative estimate of drug-likeness (QED) is 0.723. The highest BCUT2D eigenvalue weighted by Crippen LogP contribution is 2.29. The van der Waals surface area contributed by atoms with E-state index in [-0.39, 0.29) is 5.91 Å². The molecule has 0 radical (unpaired) electrons.